The molecule has 0 saturated carbocycles. The molecule has 82 valence electrons. The van der Waals surface area contributed by atoms with E-state index in [-0.39, 0.29) is 12.1 Å². The number of aromatic nitrogens is 2. The van der Waals surface area contributed by atoms with E-state index in [9.17, 15) is 4.79 Å². The summed E-state index contributed by atoms with van der Waals surface area (Å²) in [6.45, 7) is 1.97. The summed E-state index contributed by atoms with van der Waals surface area (Å²) in [6.07, 6.45) is 1.51. The van der Waals surface area contributed by atoms with Crippen LogP contribution < -0.4 is 11.3 Å². The first-order valence-corrected chi connectivity index (χ1v) is 4.52. The Balaban J connectivity index is 2.83. The lowest BCUT2D eigenvalue weighted by atomic mass is 10.3. The molecule has 6 nitrogen and oxygen atoms in total. The number of rotatable bonds is 2. The molecule has 0 aliphatic rings. The Bertz CT molecular complexity index is 421. The van der Waals surface area contributed by atoms with Gasteiger partial charge in [-0.3, -0.25) is 4.79 Å². The van der Waals surface area contributed by atoms with Gasteiger partial charge in [-0.05, 0) is 6.92 Å². The number of nitrogens with zero attached hydrogens (tertiary/aromatic N) is 3. The minimum atomic E-state index is -0.169. The minimum Gasteiger partial charge on any atom is -0.370 e. The third-order valence-electron chi connectivity index (χ3n) is 1.87. The molecule has 3 N–H and O–H groups in total. The number of nitrogens with two attached hydrogens (primary N) is 1. The van der Waals surface area contributed by atoms with Crippen LogP contribution in [-0.4, -0.2) is 34.9 Å². The van der Waals surface area contributed by atoms with E-state index in [4.69, 9.17) is 5.73 Å². The van der Waals surface area contributed by atoms with Crippen LogP contribution in [0.3, 0.4) is 0 Å². The van der Waals surface area contributed by atoms with Gasteiger partial charge in [-0.25, -0.2) is 9.98 Å². The first-order chi connectivity index (χ1) is 7.00. The van der Waals surface area contributed by atoms with Crippen LogP contribution in [0.15, 0.2) is 16.0 Å². The topological polar surface area (TPSA) is 87.4 Å². The predicted molar refractivity (Wildman–Crippen MR) is 58.6 cm³/mol. The highest BCUT2D eigenvalue weighted by atomic mass is 16.1. The van der Waals surface area contributed by atoms with Gasteiger partial charge in [0, 0.05) is 20.3 Å². The van der Waals surface area contributed by atoms with E-state index in [0.29, 0.717) is 17.3 Å². The Morgan fingerprint density at radius 3 is 2.87 bits per heavy atom. The quantitative estimate of drug-likeness (QED) is 0.505. The summed E-state index contributed by atoms with van der Waals surface area (Å²) in [4.78, 5) is 23.7. The third kappa shape index (κ3) is 3.08. The Labute approximate surface area is 87.9 Å². The maximum absolute atomic E-state index is 11.4. The van der Waals surface area contributed by atoms with Crippen molar-refractivity contribution in [2.45, 2.75) is 13.5 Å². The average molecular weight is 209 g/mol. The van der Waals surface area contributed by atoms with E-state index >= 15 is 0 Å². The Morgan fingerprint density at radius 1 is 1.67 bits per heavy atom. The van der Waals surface area contributed by atoms with E-state index in [0.717, 1.165) is 0 Å². The van der Waals surface area contributed by atoms with Crippen molar-refractivity contribution in [2.24, 2.45) is 10.7 Å². The molecule has 0 fully saturated rings. The van der Waals surface area contributed by atoms with Gasteiger partial charge in [0.05, 0.1) is 12.1 Å². The highest BCUT2D eigenvalue weighted by molar-refractivity contribution is 5.77. The second kappa shape index (κ2) is 4.59. The summed E-state index contributed by atoms with van der Waals surface area (Å²) in [6, 6.07) is 0. The molecule has 1 aromatic rings. The zero-order valence-corrected chi connectivity index (χ0v) is 9.11. The lowest BCUT2D eigenvalue weighted by molar-refractivity contribution is 0.609. The smallest absolute Gasteiger partial charge is 0.255 e. The van der Waals surface area contributed by atoms with Gasteiger partial charge in [-0.1, -0.05) is 0 Å². The second-order valence-electron chi connectivity index (χ2n) is 3.39. The molecule has 0 aliphatic heterocycles. The van der Waals surface area contributed by atoms with Gasteiger partial charge < -0.3 is 15.6 Å². The fourth-order valence-corrected chi connectivity index (χ4v) is 0.930. The summed E-state index contributed by atoms with van der Waals surface area (Å²) in [7, 11) is 3.58. The van der Waals surface area contributed by atoms with Gasteiger partial charge in [0.1, 0.15) is 5.82 Å². The van der Waals surface area contributed by atoms with Crippen LogP contribution >= 0.6 is 0 Å². The monoisotopic (exact) mass is 209 g/mol. The summed E-state index contributed by atoms with van der Waals surface area (Å²) < 4.78 is 0. The van der Waals surface area contributed by atoms with Gasteiger partial charge in [-0.15, -0.1) is 0 Å². The van der Waals surface area contributed by atoms with Crippen LogP contribution in [0.2, 0.25) is 0 Å². The number of hydrogen-bond acceptors (Lipinski definition) is 3. The number of aliphatic imine (C=N–C) groups is 1. The number of nitrogens with one attached hydrogen (secondary N) is 1. The molecule has 15 heavy (non-hydrogen) atoms. The second-order valence-corrected chi connectivity index (χ2v) is 3.39. The number of guanidine groups is 1. The van der Waals surface area contributed by atoms with E-state index in [1.54, 1.807) is 25.9 Å². The number of aromatic amines is 1. The van der Waals surface area contributed by atoms with Crippen LogP contribution in [-0.2, 0) is 6.54 Å². The fourth-order valence-electron chi connectivity index (χ4n) is 0.930. The van der Waals surface area contributed by atoms with Crippen molar-refractivity contribution in [2.75, 3.05) is 14.1 Å². The molecular formula is C9H15N5O. The van der Waals surface area contributed by atoms with Gasteiger partial charge in [-0.2, -0.15) is 0 Å². The number of aryl methyl sites for hydroxylation is 1. The van der Waals surface area contributed by atoms with Crippen molar-refractivity contribution in [3.63, 3.8) is 0 Å². The highest BCUT2D eigenvalue weighted by Gasteiger charge is 2.00. The summed E-state index contributed by atoms with van der Waals surface area (Å²) in [5.41, 5.74) is 5.92. The van der Waals surface area contributed by atoms with E-state index < -0.39 is 0 Å². The average Bonchev–Trinajstić information content (AvgIpc) is 2.15. The van der Waals surface area contributed by atoms with Gasteiger partial charge in [0.2, 0.25) is 0 Å². The molecule has 0 bridgehead atoms. The van der Waals surface area contributed by atoms with E-state index in [1.807, 2.05) is 0 Å². The SMILES string of the molecule is Cc1ncc(CN=C(N)N(C)C)c(=O)[nH]1. The van der Waals surface area contributed by atoms with Gasteiger partial charge in [0.15, 0.2) is 5.96 Å². The summed E-state index contributed by atoms with van der Waals surface area (Å²) in [5.74, 6) is 0.975. The highest BCUT2D eigenvalue weighted by Crippen LogP contribution is 1.92. The number of hydrogen-bond donors (Lipinski definition) is 2. The molecule has 1 rings (SSSR count). The minimum absolute atomic E-state index is 0.169. The van der Waals surface area contributed by atoms with E-state index in [1.165, 1.54) is 6.20 Å². The van der Waals surface area contributed by atoms with Crippen molar-refractivity contribution in [1.29, 1.82) is 0 Å². The van der Waals surface area contributed by atoms with Crippen LogP contribution in [0.4, 0.5) is 0 Å². The van der Waals surface area contributed by atoms with Crippen LogP contribution in [0.25, 0.3) is 0 Å². The Hall–Kier alpha value is -1.85. The molecule has 0 amide bonds. The molecular weight excluding hydrogens is 194 g/mol. The molecule has 1 heterocycles. The zero-order valence-electron chi connectivity index (χ0n) is 9.11. The molecule has 0 saturated heterocycles. The van der Waals surface area contributed by atoms with Gasteiger partial charge in [0.25, 0.3) is 5.56 Å². The molecule has 0 spiro atoms. The normalized spacial score (nSPS) is 11.5. The molecule has 1 aromatic heterocycles. The van der Waals surface area contributed by atoms with Crippen molar-refractivity contribution in [3.8, 4) is 0 Å². The summed E-state index contributed by atoms with van der Waals surface area (Å²) in [5, 5.41) is 0. The van der Waals surface area contributed by atoms with Crippen molar-refractivity contribution < 1.29 is 0 Å². The molecule has 6 heteroatoms. The summed E-state index contributed by atoms with van der Waals surface area (Å²) >= 11 is 0. The Kier molecular flexibility index (Phi) is 3.43. The van der Waals surface area contributed by atoms with Crippen LogP contribution in [0, 0.1) is 6.92 Å². The van der Waals surface area contributed by atoms with Crippen LogP contribution in [0.5, 0.6) is 0 Å². The lowest BCUT2D eigenvalue weighted by Gasteiger charge is -2.09. The van der Waals surface area contributed by atoms with E-state index in [2.05, 4.69) is 15.0 Å². The van der Waals surface area contributed by atoms with Gasteiger partial charge >= 0.3 is 0 Å². The first kappa shape index (κ1) is 11.2. The fraction of sp³-hybridized carbons (Fsp3) is 0.444. The van der Waals surface area contributed by atoms with Crippen LogP contribution in [0.1, 0.15) is 11.4 Å². The standard InChI is InChI=1S/C9H15N5O/c1-6-11-4-7(8(15)13-6)5-12-9(10)14(2)3/h4H,5H2,1-3H3,(H2,10,12)(H,11,13,15). The van der Waals surface area contributed by atoms with Crippen molar-refractivity contribution in [3.05, 3.63) is 27.9 Å². The molecule has 0 aliphatic carbocycles. The first-order valence-electron chi connectivity index (χ1n) is 4.52. The molecule has 0 aromatic carbocycles. The lowest BCUT2D eigenvalue weighted by Crippen LogP contribution is -2.30. The predicted octanol–water partition coefficient (Wildman–Crippen LogP) is -0.545. The Morgan fingerprint density at radius 2 is 2.33 bits per heavy atom. The number of H-pyrrole nitrogens is 1. The third-order valence-corrected chi connectivity index (χ3v) is 1.87. The molecule has 0 unspecified atom stereocenters. The maximum Gasteiger partial charge on any atom is 0.255 e. The largest absolute Gasteiger partial charge is 0.370 e. The van der Waals surface area contributed by atoms with Crippen molar-refractivity contribution >= 4 is 5.96 Å². The molecule has 0 atom stereocenters. The molecule has 0 radical (unpaired) electrons. The maximum atomic E-state index is 11.4. The zero-order chi connectivity index (χ0) is 11.4. The van der Waals surface area contributed by atoms with Crippen molar-refractivity contribution in [1.82, 2.24) is 14.9 Å².